The Morgan fingerprint density at radius 1 is 0.575 bits per heavy atom. The van der Waals surface area contributed by atoms with Crippen molar-refractivity contribution in [2.75, 3.05) is 19.6 Å². The number of pyridine rings is 3. The summed E-state index contributed by atoms with van der Waals surface area (Å²) in [5.74, 6) is -1.05. The number of aromatic nitrogens is 3. The minimum Gasteiger partial charge on any atom is -0.505 e. The van der Waals surface area contributed by atoms with Crippen molar-refractivity contribution in [2.45, 2.75) is 40.0 Å². The molecule has 0 saturated heterocycles. The molecule has 3 rings (SSSR count). The van der Waals surface area contributed by atoms with E-state index in [1.807, 2.05) is 20.8 Å². The number of carbonyl (C=O) groups is 3. The molecule has 3 aromatic rings. The summed E-state index contributed by atoms with van der Waals surface area (Å²) < 4.78 is 0. The smallest absolute Gasteiger partial charge is 0.505 e. The number of rotatable bonds is 9. The zero-order valence-electron chi connectivity index (χ0n) is 22.7. The maximum Gasteiger partial charge on any atom is 3.00 e. The average Bonchev–Trinajstić information content (AvgIpc) is 2.94. The summed E-state index contributed by atoms with van der Waals surface area (Å²) in [5, 5.41) is 35.8. The van der Waals surface area contributed by atoms with Crippen molar-refractivity contribution in [1.29, 1.82) is 0 Å². The SMILES string of the molecule is CCCNC(=O)c1ccncc1O.CCCNC(=O)c1ccncc1O.CCCNC(=O)c1ccncc1O.[Fe+3]. The largest absolute Gasteiger partial charge is 3.00 e. The van der Waals surface area contributed by atoms with Gasteiger partial charge in [-0.15, -0.1) is 0 Å². The van der Waals surface area contributed by atoms with Crippen molar-refractivity contribution < 1.29 is 46.8 Å². The van der Waals surface area contributed by atoms with Crippen LogP contribution in [0.2, 0.25) is 0 Å². The first-order valence-electron chi connectivity index (χ1n) is 12.5. The van der Waals surface area contributed by atoms with Crippen LogP contribution in [0.3, 0.4) is 0 Å². The van der Waals surface area contributed by atoms with Crippen molar-refractivity contribution >= 4 is 17.7 Å². The molecule has 0 atom stereocenters. The summed E-state index contributed by atoms with van der Waals surface area (Å²) in [6, 6.07) is 4.46. The molecule has 0 unspecified atom stereocenters. The van der Waals surface area contributed by atoms with Crippen molar-refractivity contribution in [3.05, 3.63) is 72.1 Å². The van der Waals surface area contributed by atoms with Crippen LogP contribution in [0, 0.1) is 0 Å². The van der Waals surface area contributed by atoms with Gasteiger partial charge in [0.1, 0.15) is 17.2 Å². The Bertz CT molecular complexity index is 1050. The average molecular weight is 596 g/mol. The van der Waals surface area contributed by atoms with E-state index in [1.165, 1.54) is 55.4 Å². The Labute approximate surface area is 244 Å². The second kappa shape index (κ2) is 20.7. The molecule has 0 spiro atoms. The zero-order chi connectivity index (χ0) is 29.0. The monoisotopic (exact) mass is 596 g/mol. The quantitative estimate of drug-likeness (QED) is 0.202. The summed E-state index contributed by atoms with van der Waals surface area (Å²) in [6.07, 6.45) is 10.8. The fraction of sp³-hybridized carbons (Fsp3) is 0.333. The maximum absolute atomic E-state index is 11.3. The van der Waals surface area contributed by atoms with E-state index in [1.54, 1.807) is 0 Å². The molecule has 0 bridgehead atoms. The van der Waals surface area contributed by atoms with Gasteiger partial charge in [-0.05, 0) is 37.5 Å². The third kappa shape index (κ3) is 13.0. The summed E-state index contributed by atoms with van der Waals surface area (Å²) >= 11 is 0. The molecular formula is C27H36FeN6O6+3. The molecule has 215 valence electrons. The number of nitrogens with one attached hydrogen (secondary N) is 3. The molecular weight excluding hydrogens is 560 g/mol. The molecule has 0 aliphatic heterocycles. The van der Waals surface area contributed by atoms with Gasteiger partial charge in [-0.25, -0.2) is 0 Å². The summed E-state index contributed by atoms with van der Waals surface area (Å²) in [6.45, 7) is 7.73. The van der Waals surface area contributed by atoms with Gasteiger partial charge in [0, 0.05) is 38.2 Å². The topological polar surface area (TPSA) is 187 Å². The van der Waals surface area contributed by atoms with E-state index in [0.29, 0.717) is 19.6 Å². The van der Waals surface area contributed by atoms with E-state index >= 15 is 0 Å². The van der Waals surface area contributed by atoms with Crippen LogP contribution in [0.5, 0.6) is 17.2 Å². The van der Waals surface area contributed by atoms with Gasteiger partial charge in [-0.3, -0.25) is 29.3 Å². The van der Waals surface area contributed by atoms with Crippen molar-refractivity contribution in [1.82, 2.24) is 30.9 Å². The molecule has 12 nitrogen and oxygen atoms in total. The van der Waals surface area contributed by atoms with Gasteiger partial charge in [-0.2, -0.15) is 0 Å². The number of carbonyl (C=O) groups excluding carboxylic acids is 3. The fourth-order valence-corrected chi connectivity index (χ4v) is 2.74. The first-order valence-corrected chi connectivity index (χ1v) is 12.5. The molecule has 40 heavy (non-hydrogen) atoms. The van der Waals surface area contributed by atoms with Gasteiger partial charge < -0.3 is 31.3 Å². The van der Waals surface area contributed by atoms with Gasteiger partial charge in [0.2, 0.25) is 0 Å². The molecule has 0 saturated carbocycles. The van der Waals surface area contributed by atoms with Crippen LogP contribution < -0.4 is 16.0 Å². The molecule has 3 heterocycles. The van der Waals surface area contributed by atoms with Crippen LogP contribution >= 0.6 is 0 Å². The predicted molar refractivity (Wildman–Crippen MR) is 146 cm³/mol. The number of amides is 3. The molecule has 3 aromatic heterocycles. The molecule has 1 radical (unpaired) electrons. The molecule has 3 amide bonds. The van der Waals surface area contributed by atoms with Crippen molar-refractivity contribution in [2.24, 2.45) is 0 Å². The Hall–Kier alpha value is -4.22. The van der Waals surface area contributed by atoms with Crippen LogP contribution in [-0.2, 0) is 17.1 Å². The molecule has 0 aliphatic carbocycles. The van der Waals surface area contributed by atoms with Crippen LogP contribution in [0.1, 0.15) is 71.1 Å². The Kier molecular flexibility index (Phi) is 18.5. The Morgan fingerprint density at radius 3 is 1.02 bits per heavy atom. The summed E-state index contributed by atoms with van der Waals surface area (Å²) in [4.78, 5) is 45.0. The second-order valence-corrected chi connectivity index (χ2v) is 7.95. The number of aromatic hydroxyl groups is 3. The standard InChI is InChI=1S/3C9H12N2O2.Fe/c3*1-2-4-11-9(13)7-3-5-10-6-8(7)12;/h3*3,5-6,12H,2,4H2,1H3,(H,11,13);/q;;;+3. The predicted octanol–water partition coefficient (Wildman–Crippen LogP) is 2.78. The van der Waals surface area contributed by atoms with E-state index in [9.17, 15) is 29.7 Å². The van der Waals surface area contributed by atoms with Gasteiger partial charge >= 0.3 is 17.1 Å². The third-order valence-corrected chi connectivity index (χ3v) is 4.74. The van der Waals surface area contributed by atoms with Crippen LogP contribution in [0.25, 0.3) is 0 Å². The van der Waals surface area contributed by atoms with Gasteiger partial charge in [0.15, 0.2) is 0 Å². The van der Waals surface area contributed by atoms with Gasteiger partial charge in [-0.1, -0.05) is 20.8 Å². The number of hydrogen-bond donors (Lipinski definition) is 6. The van der Waals surface area contributed by atoms with Gasteiger partial charge in [0.05, 0.1) is 35.3 Å². The normalized spacial score (nSPS) is 9.38. The van der Waals surface area contributed by atoms with Crippen molar-refractivity contribution in [3.63, 3.8) is 0 Å². The first-order chi connectivity index (χ1) is 18.8. The fourth-order valence-electron chi connectivity index (χ4n) is 2.74. The second-order valence-electron chi connectivity index (χ2n) is 7.95. The minimum atomic E-state index is -0.262. The van der Waals surface area contributed by atoms with Crippen LogP contribution in [0.15, 0.2) is 55.4 Å². The summed E-state index contributed by atoms with van der Waals surface area (Å²) in [5.41, 5.74) is 0.801. The van der Waals surface area contributed by atoms with E-state index in [0.717, 1.165) is 19.3 Å². The number of hydrogen-bond acceptors (Lipinski definition) is 9. The van der Waals surface area contributed by atoms with E-state index in [2.05, 4.69) is 30.9 Å². The zero-order valence-corrected chi connectivity index (χ0v) is 23.8. The van der Waals surface area contributed by atoms with E-state index in [-0.39, 0.29) is 68.7 Å². The Balaban J connectivity index is 0.000000563. The number of nitrogens with zero attached hydrogens (tertiary/aromatic N) is 3. The van der Waals surface area contributed by atoms with Crippen molar-refractivity contribution in [3.8, 4) is 17.2 Å². The maximum atomic E-state index is 11.3. The molecule has 0 fully saturated rings. The molecule has 0 aromatic carbocycles. The van der Waals surface area contributed by atoms with Crippen LogP contribution in [-0.4, -0.2) is 67.6 Å². The van der Waals surface area contributed by atoms with Crippen LogP contribution in [0.4, 0.5) is 0 Å². The molecule has 13 heteroatoms. The Morgan fingerprint density at radius 2 is 0.825 bits per heavy atom. The molecule has 6 N–H and O–H groups in total. The molecule has 0 aliphatic rings. The third-order valence-electron chi connectivity index (χ3n) is 4.74. The van der Waals surface area contributed by atoms with E-state index < -0.39 is 0 Å². The first kappa shape index (κ1) is 35.8. The van der Waals surface area contributed by atoms with E-state index in [4.69, 9.17) is 0 Å². The minimum absolute atomic E-state index is 0. The van der Waals surface area contributed by atoms with Gasteiger partial charge in [0.25, 0.3) is 17.7 Å². The summed E-state index contributed by atoms with van der Waals surface area (Å²) in [7, 11) is 0.